The first-order valence-electron chi connectivity index (χ1n) is 11.8. The summed E-state index contributed by atoms with van der Waals surface area (Å²) in [7, 11) is 0. The minimum atomic E-state index is -0.142. The third kappa shape index (κ3) is 3.27. The van der Waals surface area contributed by atoms with Gasteiger partial charge in [-0.1, -0.05) is 91.8 Å². The van der Waals surface area contributed by atoms with Crippen molar-refractivity contribution in [3.05, 3.63) is 64.8 Å². The average Bonchev–Trinajstić information content (AvgIpc) is 3.04. The Morgan fingerprint density at radius 2 is 1.38 bits per heavy atom. The van der Waals surface area contributed by atoms with Gasteiger partial charge in [0.1, 0.15) is 11.2 Å². The van der Waals surface area contributed by atoms with Crippen molar-refractivity contribution in [1.82, 2.24) is 4.98 Å². The second-order valence-electron chi connectivity index (χ2n) is 12.6. The molecule has 32 heavy (non-hydrogen) atoms. The molecule has 0 bridgehead atoms. The molecular weight excluding hydrogens is 390 g/mol. The molecule has 2 aromatic carbocycles. The standard InChI is InChI=1S/C30H35NO/c1-28(2,3)15-18-13-14-22-23-24-25(20-11-9-10-12-21(20)30(22,7)8)31-17-19(16-29(4,5)6)27(24)32-26(18)23/h9-14,17H,15-16H2,1-8H3. The summed E-state index contributed by atoms with van der Waals surface area (Å²) in [6.07, 6.45) is 3.98. The lowest BCUT2D eigenvalue weighted by Gasteiger charge is -2.28. The van der Waals surface area contributed by atoms with E-state index in [1.165, 1.54) is 38.6 Å². The molecule has 0 saturated heterocycles. The molecule has 1 aliphatic rings. The zero-order valence-corrected chi connectivity index (χ0v) is 20.8. The predicted molar refractivity (Wildman–Crippen MR) is 135 cm³/mol. The Kier molecular flexibility index (Phi) is 4.45. The maximum atomic E-state index is 6.83. The van der Waals surface area contributed by atoms with Crippen LogP contribution in [0.25, 0.3) is 33.2 Å². The third-order valence-corrected chi connectivity index (χ3v) is 6.77. The molecule has 2 heteroatoms. The van der Waals surface area contributed by atoms with E-state index in [1.54, 1.807) is 0 Å². The lowest BCUT2D eigenvalue weighted by molar-refractivity contribution is 0.408. The molecule has 2 aromatic heterocycles. The number of hydrogen-bond donors (Lipinski definition) is 0. The molecule has 0 spiro atoms. The van der Waals surface area contributed by atoms with E-state index < -0.39 is 0 Å². The van der Waals surface area contributed by atoms with E-state index in [2.05, 4.69) is 98.0 Å². The molecule has 0 aliphatic heterocycles. The third-order valence-electron chi connectivity index (χ3n) is 6.77. The molecule has 4 aromatic rings. The number of benzene rings is 2. The fourth-order valence-corrected chi connectivity index (χ4v) is 5.49. The molecule has 2 heterocycles. The topological polar surface area (TPSA) is 26.0 Å². The summed E-state index contributed by atoms with van der Waals surface area (Å²) in [5.74, 6) is 0. The van der Waals surface area contributed by atoms with E-state index in [0.717, 1.165) is 29.7 Å². The van der Waals surface area contributed by atoms with Gasteiger partial charge in [0.05, 0.1) is 11.1 Å². The Hall–Kier alpha value is -2.61. The van der Waals surface area contributed by atoms with Crippen LogP contribution in [0.1, 0.15) is 77.6 Å². The number of hydrogen-bond acceptors (Lipinski definition) is 2. The molecule has 0 amide bonds. The summed E-state index contributed by atoms with van der Waals surface area (Å²) in [6.45, 7) is 18.4. The maximum absolute atomic E-state index is 6.83. The van der Waals surface area contributed by atoms with Crippen LogP contribution in [0.4, 0.5) is 0 Å². The average molecular weight is 426 g/mol. The number of nitrogens with zero attached hydrogens (tertiary/aromatic N) is 1. The van der Waals surface area contributed by atoms with Crippen LogP contribution in [0, 0.1) is 10.8 Å². The van der Waals surface area contributed by atoms with E-state index >= 15 is 0 Å². The van der Waals surface area contributed by atoms with Crippen molar-refractivity contribution in [3.63, 3.8) is 0 Å². The van der Waals surface area contributed by atoms with Crippen LogP contribution in [-0.2, 0) is 18.3 Å². The van der Waals surface area contributed by atoms with Gasteiger partial charge in [0, 0.05) is 28.1 Å². The summed E-state index contributed by atoms with van der Waals surface area (Å²) in [5, 5.41) is 2.46. The van der Waals surface area contributed by atoms with Crippen molar-refractivity contribution < 1.29 is 4.42 Å². The largest absolute Gasteiger partial charge is 0.455 e. The Balaban J connectivity index is 1.97. The molecule has 5 rings (SSSR count). The monoisotopic (exact) mass is 425 g/mol. The summed E-state index contributed by atoms with van der Waals surface area (Å²) >= 11 is 0. The van der Waals surface area contributed by atoms with E-state index in [-0.39, 0.29) is 16.2 Å². The number of aromatic nitrogens is 1. The van der Waals surface area contributed by atoms with Gasteiger partial charge >= 0.3 is 0 Å². The highest BCUT2D eigenvalue weighted by Crippen LogP contribution is 2.50. The lowest BCUT2D eigenvalue weighted by Crippen LogP contribution is -2.20. The minimum Gasteiger partial charge on any atom is -0.455 e. The number of furan rings is 1. The first-order chi connectivity index (χ1) is 14.9. The van der Waals surface area contributed by atoms with Crippen molar-refractivity contribution in [3.8, 4) is 11.3 Å². The summed E-state index contributed by atoms with van der Waals surface area (Å²) in [4.78, 5) is 5.09. The molecule has 0 saturated carbocycles. The number of pyridine rings is 1. The second-order valence-corrected chi connectivity index (χ2v) is 12.6. The highest BCUT2D eigenvalue weighted by molar-refractivity contribution is 6.16. The van der Waals surface area contributed by atoms with Gasteiger partial charge in [-0.15, -0.1) is 0 Å². The van der Waals surface area contributed by atoms with Crippen LogP contribution in [-0.4, -0.2) is 4.98 Å². The van der Waals surface area contributed by atoms with Crippen molar-refractivity contribution in [1.29, 1.82) is 0 Å². The van der Waals surface area contributed by atoms with E-state index in [0.29, 0.717) is 0 Å². The molecule has 0 atom stereocenters. The molecule has 0 fully saturated rings. The van der Waals surface area contributed by atoms with Gasteiger partial charge in [0.25, 0.3) is 0 Å². The molecular formula is C30H35NO. The van der Waals surface area contributed by atoms with Crippen LogP contribution in [0.15, 0.2) is 47.0 Å². The van der Waals surface area contributed by atoms with Crippen LogP contribution >= 0.6 is 0 Å². The Labute approximate surface area is 192 Å². The fourth-order valence-electron chi connectivity index (χ4n) is 5.49. The zero-order chi connectivity index (χ0) is 23.1. The first-order valence-corrected chi connectivity index (χ1v) is 11.8. The summed E-state index contributed by atoms with van der Waals surface area (Å²) < 4.78 is 6.83. The number of fused-ring (bicyclic) bond motifs is 2. The van der Waals surface area contributed by atoms with E-state index in [4.69, 9.17) is 9.40 Å². The predicted octanol–water partition coefficient (Wildman–Crippen LogP) is 8.46. The SMILES string of the molecule is CC(C)(C)Cc1ccc2c3c1oc1c(CC(C)(C)C)cnc(c13)-c1ccccc1C2(C)C. The van der Waals surface area contributed by atoms with Crippen LogP contribution in [0.5, 0.6) is 0 Å². The van der Waals surface area contributed by atoms with E-state index in [1.807, 2.05) is 0 Å². The van der Waals surface area contributed by atoms with Gasteiger partial charge in [0.2, 0.25) is 0 Å². The normalized spacial score (nSPS) is 15.4. The van der Waals surface area contributed by atoms with Crippen molar-refractivity contribution in [2.75, 3.05) is 0 Å². The summed E-state index contributed by atoms with van der Waals surface area (Å²) in [5.41, 5.74) is 9.73. The molecule has 166 valence electrons. The van der Waals surface area contributed by atoms with Gasteiger partial charge < -0.3 is 4.42 Å². The van der Waals surface area contributed by atoms with Crippen LogP contribution < -0.4 is 0 Å². The molecule has 0 unspecified atom stereocenters. The molecule has 2 nitrogen and oxygen atoms in total. The fraction of sp³-hybridized carbons (Fsp3) is 0.433. The Bertz CT molecular complexity index is 1360. The second kappa shape index (κ2) is 6.70. The van der Waals surface area contributed by atoms with Gasteiger partial charge in [-0.05, 0) is 40.4 Å². The van der Waals surface area contributed by atoms with Gasteiger partial charge in [0.15, 0.2) is 0 Å². The molecule has 1 aliphatic carbocycles. The molecule has 0 radical (unpaired) electrons. The van der Waals surface area contributed by atoms with Crippen molar-refractivity contribution in [2.45, 2.75) is 73.6 Å². The van der Waals surface area contributed by atoms with Gasteiger partial charge in [-0.3, -0.25) is 4.98 Å². The Morgan fingerprint density at radius 3 is 2.06 bits per heavy atom. The molecule has 0 N–H and O–H groups in total. The zero-order valence-electron chi connectivity index (χ0n) is 20.8. The number of rotatable bonds is 2. The summed E-state index contributed by atoms with van der Waals surface area (Å²) in [6, 6.07) is 13.4. The first kappa shape index (κ1) is 21.2. The lowest BCUT2D eigenvalue weighted by atomic mass is 9.75. The Morgan fingerprint density at radius 1 is 0.750 bits per heavy atom. The maximum Gasteiger partial charge on any atom is 0.142 e. The minimum absolute atomic E-state index is 0.142. The quantitative estimate of drug-likeness (QED) is 0.322. The highest BCUT2D eigenvalue weighted by atomic mass is 16.3. The highest BCUT2D eigenvalue weighted by Gasteiger charge is 2.36. The smallest absolute Gasteiger partial charge is 0.142 e. The van der Waals surface area contributed by atoms with Crippen LogP contribution in [0.2, 0.25) is 0 Å². The van der Waals surface area contributed by atoms with Gasteiger partial charge in [-0.2, -0.15) is 0 Å². The van der Waals surface area contributed by atoms with Crippen LogP contribution in [0.3, 0.4) is 0 Å². The van der Waals surface area contributed by atoms with Crippen molar-refractivity contribution >= 4 is 21.9 Å². The van der Waals surface area contributed by atoms with E-state index in [9.17, 15) is 0 Å². The van der Waals surface area contributed by atoms with Gasteiger partial charge in [-0.25, -0.2) is 0 Å². The van der Waals surface area contributed by atoms with Crippen molar-refractivity contribution in [2.24, 2.45) is 10.8 Å².